The molecule has 5 atom stereocenters. The lowest BCUT2D eigenvalue weighted by atomic mass is 9.69. The standard InChI is InChI=1S/C37H48ClN5O6S/c1-24-8-7-10-33(47-3)30-15-12-28(30)21-43-20-27-11-14-29(38)18-25(27)9-5-6-17-49-34-16-13-26(19-32(34)43)35(44)40-50(46,23-24)41-36(45)31-22-42(2)39-37(31)48-4/h11,13-14,16,18-19,22,24,28,30,33H,5-10,12,15,17,20-21,23H2,1-4H3,(H,40,41,44,45,46)/t24-,28-,30+,33-,50?/m0/s1. The molecule has 1 N–H and O–H groups in total. The Kier molecular flexibility index (Phi) is 11.4. The second kappa shape index (κ2) is 15.7. The van der Waals surface area contributed by atoms with Gasteiger partial charge in [0.1, 0.15) is 21.2 Å². The van der Waals surface area contributed by atoms with Crippen molar-refractivity contribution in [3.05, 3.63) is 69.9 Å². The van der Waals surface area contributed by atoms with Gasteiger partial charge in [-0.05, 0) is 104 Å². The van der Waals surface area contributed by atoms with Gasteiger partial charge >= 0.3 is 0 Å². The molecule has 0 radical (unpaired) electrons. The van der Waals surface area contributed by atoms with Gasteiger partial charge in [-0.3, -0.25) is 19.0 Å². The molecule has 2 bridgehead atoms. The summed E-state index contributed by atoms with van der Waals surface area (Å²) in [6.07, 6.45) is 8.95. The molecule has 1 fully saturated rings. The van der Waals surface area contributed by atoms with E-state index in [-0.39, 0.29) is 34.8 Å². The van der Waals surface area contributed by atoms with E-state index in [1.807, 2.05) is 19.1 Å². The Morgan fingerprint density at radius 1 is 1.06 bits per heavy atom. The topological polar surface area (TPSA) is 124 Å². The average Bonchev–Trinajstić information content (AvgIpc) is 3.45. The van der Waals surface area contributed by atoms with Crippen LogP contribution in [0.4, 0.5) is 5.69 Å². The number of benzene rings is 2. The summed E-state index contributed by atoms with van der Waals surface area (Å²) in [5.74, 6) is 0.152. The summed E-state index contributed by atoms with van der Waals surface area (Å²) in [6, 6.07) is 11.4. The number of amides is 2. The van der Waals surface area contributed by atoms with Crippen molar-refractivity contribution in [2.75, 3.05) is 38.0 Å². The molecular weight excluding hydrogens is 678 g/mol. The predicted octanol–water partition coefficient (Wildman–Crippen LogP) is 6.62. The molecule has 3 aliphatic rings. The number of ether oxygens (including phenoxy) is 3. The number of hydrogen-bond donors (Lipinski definition) is 1. The van der Waals surface area contributed by atoms with E-state index >= 15 is 0 Å². The van der Waals surface area contributed by atoms with Crippen LogP contribution in [0.3, 0.4) is 0 Å². The van der Waals surface area contributed by atoms with E-state index in [1.165, 1.54) is 29.1 Å². The van der Waals surface area contributed by atoms with Crippen LogP contribution in [-0.4, -0.2) is 65.0 Å². The van der Waals surface area contributed by atoms with Gasteiger partial charge in [-0.1, -0.05) is 31.0 Å². The Balaban J connectivity index is 1.44. The molecule has 3 heterocycles. The first-order valence-electron chi connectivity index (χ1n) is 17.6. The smallest absolute Gasteiger partial charge is 0.286 e. The van der Waals surface area contributed by atoms with Crippen molar-refractivity contribution in [2.45, 2.75) is 70.9 Å². The number of carbonyl (C=O) groups excluding carboxylic acids is 2. The van der Waals surface area contributed by atoms with Crippen LogP contribution in [0, 0.1) is 17.8 Å². The van der Waals surface area contributed by atoms with Gasteiger partial charge in [0.2, 0.25) is 5.88 Å². The highest BCUT2D eigenvalue weighted by atomic mass is 35.5. The van der Waals surface area contributed by atoms with Gasteiger partial charge in [0, 0.05) is 44.0 Å². The van der Waals surface area contributed by atoms with Crippen LogP contribution in [0.1, 0.15) is 83.7 Å². The van der Waals surface area contributed by atoms with E-state index < -0.39 is 21.7 Å². The number of aromatic nitrogens is 2. The fraction of sp³-hybridized carbons (Fsp3) is 0.541. The largest absolute Gasteiger partial charge is 0.491 e. The molecule has 6 rings (SSSR count). The Hall–Kier alpha value is -3.61. The number of nitrogens with zero attached hydrogens (tertiary/aromatic N) is 4. The van der Waals surface area contributed by atoms with Crippen molar-refractivity contribution in [2.24, 2.45) is 29.2 Å². The van der Waals surface area contributed by atoms with Gasteiger partial charge in [-0.15, -0.1) is 9.46 Å². The number of anilines is 1. The molecule has 1 aromatic heterocycles. The fourth-order valence-corrected chi connectivity index (χ4v) is 9.66. The fourth-order valence-electron chi connectivity index (χ4n) is 7.55. The normalized spacial score (nSPS) is 26.2. The van der Waals surface area contributed by atoms with Crippen molar-refractivity contribution < 1.29 is 28.0 Å². The van der Waals surface area contributed by atoms with Crippen molar-refractivity contribution in [3.63, 3.8) is 0 Å². The van der Waals surface area contributed by atoms with E-state index in [9.17, 15) is 13.8 Å². The molecular formula is C37H48ClN5O6S. The Morgan fingerprint density at radius 3 is 2.66 bits per heavy atom. The summed E-state index contributed by atoms with van der Waals surface area (Å²) in [5.41, 5.74) is 3.55. The number of halogens is 1. The van der Waals surface area contributed by atoms with Gasteiger partial charge in [0.15, 0.2) is 0 Å². The van der Waals surface area contributed by atoms with E-state index in [4.69, 9.17) is 25.8 Å². The Labute approximate surface area is 300 Å². The second-order valence-corrected chi connectivity index (χ2v) is 16.4. The highest BCUT2D eigenvalue weighted by Gasteiger charge is 2.39. The lowest BCUT2D eigenvalue weighted by Gasteiger charge is -2.44. The van der Waals surface area contributed by atoms with E-state index in [0.717, 1.165) is 63.6 Å². The number of methoxy groups -OCH3 is 2. The molecule has 270 valence electrons. The number of carbonyl (C=O) groups is 2. The predicted molar refractivity (Wildman–Crippen MR) is 194 cm³/mol. The SMILES string of the molecule is COc1nn(C)cc1C(=O)NS1(=O)=NC(=O)c2ccc3c(c2)N(Cc2ccc(Cl)cc2CCCCO3)C[C@@H]2CC[C@H]2[C@@H](OC)CCC[C@H](C)C1. The van der Waals surface area contributed by atoms with Crippen LogP contribution in [0.5, 0.6) is 11.6 Å². The molecule has 2 amide bonds. The maximum absolute atomic E-state index is 14.6. The van der Waals surface area contributed by atoms with E-state index in [1.54, 1.807) is 26.3 Å². The molecule has 1 saturated carbocycles. The van der Waals surface area contributed by atoms with Crippen LogP contribution in [0.15, 0.2) is 47.0 Å². The summed E-state index contributed by atoms with van der Waals surface area (Å²) < 4.78 is 40.7. The van der Waals surface area contributed by atoms with Crippen LogP contribution >= 0.6 is 11.6 Å². The summed E-state index contributed by atoms with van der Waals surface area (Å²) in [5, 5.41) is 4.87. The maximum Gasteiger partial charge on any atom is 0.286 e. The highest BCUT2D eigenvalue weighted by Crippen LogP contribution is 2.43. The number of hydrogen-bond acceptors (Lipinski definition) is 8. The monoisotopic (exact) mass is 725 g/mol. The third-order valence-electron chi connectivity index (χ3n) is 10.3. The zero-order valence-electron chi connectivity index (χ0n) is 29.4. The summed E-state index contributed by atoms with van der Waals surface area (Å²) in [7, 11) is 1.30. The molecule has 13 heteroatoms. The molecule has 1 aliphatic carbocycles. The van der Waals surface area contributed by atoms with Gasteiger partial charge in [0.05, 0.1) is 31.3 Å². The molecule has 0 saturated heterocycles. The minimum atomic E-state index is -3.57. The lowest BCUT2D eigenvalue weighted by molar-refractivity contribution is -0.0222. The molecule has 0 spiro atoms. The summed E-state index contributed by atoms with van der Waals surface area (Å²) >= 11 is 6.47. The minimum absolute atomic E-state index is 0.0102. The Bertz CT molecular complexity index is 1840. The Morgan fingerprint density at radius 2 is 1.90 bits per heavy atom. The molecule has 2 aromatic carbocycles. The van der Waals surface area contributed by atoms with Crippen LogP contribution in [-0.2, 0) is 34.7 Å². The van der Waals surface area contributed by atoms with Crippen molar-refractivity contribution >= 4 is 39.0 Å². The minimum Gasteiger partial charge on any atom is -0.491 e. The highest BCUT2D eigenvalue weighted by molar-refractivity contribution is 7.92. The van der Waals surface area contributed by atoms with E-state index in [0.29, 0.717) is 35.8 Å². The van der Waals surface area contributed by atoms with Crippen molar-refractivity contribution in [1.82, 2.24) is 14.5 Å². The van der Waals surface area contributed by atoms with Crippen molar-refractivity contribution in [1.29, 1.82) is 0 Å². The van der Waals surface area contributed by atoms with Gasteiger partial charge in [0.25, 0.3) is 11.8 Å². The van der Waals surface area contributed by atoms with Gasteiger partial charge < -0.3 is 19.1 Å². The van der Waals surface area contributed by atoms with Gasteiger partial charge in [-0.25, -0.2) is 4.21 Å². The number of aryl methyl sites for hydroxylation is 2. The number of nitrogens with one attached hydrogen (secondary N) is 1. The first-order valence-corrected chi connectivity index (χ1v) is 19.6. The zero-order chi connectivity index (χ0) is 35.4. The third-order valence-corrected chi connectivity index (χ3v) is 12.5. The molecule has 1 unspecified atom stereocenters. The van der Waals surface area contributed by atoms with E-state index in [2.05, 4.69) is 31.2 Å². The van der Waals surface area contributed by atoms with Crippen LogP contribution in [0.2, 0.25) is 5.02 Å². The summed E-state index contributed by atoms with van der Waals surface area (Å²) in [6.45, 7) is 3.87. The quantitative estimate of drug-likeness (QED) is 0.319. The number of fused-ring (bicyclic) bond motifs is 3. The van der Waals surface area contributed by atoms with Crippen LogP contribution in [0.25, 0.3) is 0 Å². The third kappa shape index (κ3) is 8.29. The lowest BCUT2D eigenvalue weighted by Crippen LogP contribution is -2.44. The summed E-state index contributed by atoms with van der Waals surface area (Å²) in [4.78, 5) is 29.8. The average molecular weight is 726 g/mol. The molecule has 3 aromatic rings. The second-order valence-electron chi connectivity index (χ2n) is 14.0. The first kappa shape index (κ1) is 36.2. The molecule has 11 nitrogen and oxygen atoms in total. The molecule has 50 heavy (non-hydrogen) atoms. The van der Waals surface area contributed by atoms with Crippen molar-refractivity contribution in [3.8, 4) is 11.6 Å². The number of rotatable bonds is 4. The maximum atomic E-state index is 14.6. The first-order chi connectivity index (χ1) is 24.1. The van der Waals surface area contributed by atoms with Crippen LogP contribution < -0.4 is 19.1 Å². The van der Waals surface area contributed by atoms with Gasteiger partial charge in [-0.2, -0.15) is 0 Å². The zero-order valence-corrected chi connectivity index (χ0v) is 30.9. The molecule has 2 aliphatic heterocycles.